The molecule has 14 heavy (non-hydrogen) atoms. The fourth-order valence-corrected chi connectivity index (χ4v) is 0.863. The fraction of sp³-hybridized carbons (Fsp3) is 0.400. The first-order valence-corrected chi connectivity index (χ1v) is 4.45. The molecule has 1 aromatic rings. The second-order valence-electron chi connectivity index (χ2n) is 3.43. The third kappa shape index (κ3) is 3.05. The summed E-state index contributed by atoms with van der Waals surface area (Å²) in [5, 5.41) is 0. The van der Waals surface area contributed by atoms with Crippen LogP contribution in [0.15, 0.2) is 23.1 Å². The molecule has 0 saturated heterocycles. The first-order valence-electron chi connectivity index (χ1n) is 4.45. The number of nitrogens with one attached hydrogen (secondary N) is 1. The number of rotatable bonds is 3. The SMILES string of the molecule is CC(C)COC(=O)c1ccc(=O)[nH]c1. The smallest absolute Gasteiger partial charge is 0.339 e. The van der Waals surface area contributed by atoms with E-state index in [0.717, 1.165) is 0 Å². The highest BCUT2D eigenvalue weighted by Gasteiger charge is 2.07. The predicted octanol–water partition coefficient (Wildman–Crippen LogP) is 1.19. The van der Waals surface area contributed by atoms with Crippen molar-refractivity contribution in [2.75, 3.05) is 6.61 Å². The van der Waals surface area contributed by atoms with Gasteiger partial charge in [0.15, 0.2) is 0 Å². The molecule has 0 radical (unpaired) electrons. The van der Waals surface area contributed by atoms with Gasteiger partial charge in [0, 0.05) is 12.3 Å². The Bertz CT molecular complexity index is 347. The zero-order chi connectivity index (χ0) is 10.6. The molecule has 0 bridgehead atoms. The van der Waals surface area contributed by atoms with Crippen LogP contribution in [0, 0.1) is 5.92 Å². The molecular weight excluding hydrogens is 182 g/mol. The number of hydrogen-bond acceptors (Lipinski definition) is 3. The maximum Gasteiger partial charge on any atom is 0.339 e. The van der Waals surface area contributed by atoms with Gasteiger partial charge in [-0.05, 0) is 12.0 Å². The quantitative estimate of drug-likeness (QED) is 0.737. The number of carbonyl (C=O) groups excluding carboxylic acids is 1. The van der Waals surface area contributed by atoms with E-state index in [2.05, 4.69) is 4.98 Å². The van der Waals surface area contributed by atoms with Crippen LogP contribution >= 0.6 is 0 Å². The lowest BCUT2D eigenvalue weighted by Crippen LogP contribution is -2.12. The molecule has 1 heterocycles. The minimum absolute atomic E-state index is 0.231. The van der Waals surface area contributed by atoms with Crippen molar-refractivity contribution < 1.29 is 9.53 Å². The molecule has 0 fully saturated rings. The monoisotopic (exact) mass is 195 g/mol. The van der Waals surface area contributed by atoms with Crippen molar-refractivity contribution in [3.63, 3.8) is 0 Å². The molecule has 1 aromatic heterocycles. The van der Waals surface area contributed by atoms with Crippen molar-refractivity contribution in [3.05, 3.63) is 34.2 Å². The maximum atomic E-state index is 11.3. The van der Waals surface area contributed by atoms with E-state index < -0.39 is 5.97 Å². The van der Waals surface area contributed by atoms with Crippen LogP contribution in [0.25, 0.3) is 0 Å². The molecule has 1 rings (SSSR count). The Hall–Kier alpha value is -1.58. The second-order valence-corrected chi connectivity index (χ2v) is 3.43. The molecule has 0 spiro atoms. The molecule has 0 aromatic carbocycles. The second kappa shape index (κ2) is 4.60. The largest absolute Gasteiger partial charge is 0.462 e. The van der Waals surface area contributed by atoms with Crippen molar-refractivity contribution in [2.45, 2.75) is 13.8 Å². The van der Waals surface area contributed by atoms with E-state index in [-0.39, 0.29) is 5.56 Å². The van der Waals surface area contributed by atoms with Crippen LogP contribution in [0.1, 0.15) is 24.2 Å². The van der Waals surface area contributed by atoms with Crippen molar-refractivity contribution in [2.24, 2.45) is 5.92 Å². The van der Waals surface area contributed by atoms with Crippen molar-refractivity contribution in [3.8, 4) is 0 Å². The summed E-state index contributed by atoms with van der Waals surface area (Å²) >= 11 is 0. The molecule has 0 amide bonds. The predicted molar refractivity (Wildman–Crippen MR) is 52.2 cm³/mol. The Morgan fingerprint density at radius 3 is 2.71 bits per heavy atom. The van der Waals surface area contributed by atoms with Crippen LogP contribution in [0.5, 0.6) is 0 Å². The molecule has 4 nitrogen and oxygen atoms in total. The van der Waals surface area contributed by atoms with E-state index in [9.17, 15) is 9.59 Å². The highest BCUT2D eigenvalue weighted by molar-refractivity contribution is 5.88. The van der Waals surface area contributed by atoms with Gasteiger partial charge in [-0.15, -0.1) is 0 Å². The van der Waals surface area contributed by atoms with Gasteiger partial charge in [-0.1, -0.05) is 13.8 Å². The van der Waals surface area contributed by atoms with Gasteiger partial charge in [0.25, 0.3) is 0 Å². The Balaban J connectivity index is 2.61. The molecule has 0 atom stereocenters. The summed E-state index contributed by atoms with van der Waals surface area (Å²) in [5.74, 6) is -0.100. The third-order valence-corrected chi connectivity index (χ3v) is 1.57. The number of pyridine rings is 1. The van der Waals surface area contributed by atoms with E-state index in [1.165, 1.54) is 18.3 Å². The zero-order valence-electron chi connectivity index (χ0n) is 8.24. The van der Waals surface area contributed by atoms with E-state index in [1.807, 2.05) is 13.8 Å². The van der Waals surface area contributed by atoms with Gasteiger partial charge in [0.1, 0.15) is 0 Å². The van der Waals surface area contributed by atoms with Crippen LogP contribution in [0.4, 0.5) is 0 Å². The lowest BCUT2D eigenvalue weighted by atomic mass is 10.2. The first-order chi connectivity index (χ1) is 6.59. The van der Waals surface area contributed by atoms with Gasteiger partial charge in [-0.2, -0.15) is 0 Å². The first kappa shape index (κ1) is 10.5. The lowest BCUT2D eigenvalue weighted by molar-refractivity contribution is 0.0458. The summed E-state index contributed by atoms with van der Waals surface area (Å²) in [7, 11) is 0. The minimum Gasteiger partial charge on any atom is -0.462 e. The zero-order valence-corrected chi connectivity index (χ0v) is 8.24. The van der Waals surface area contributed by atoms with E-state index in [4.69, 9.17) is 4.74 Å². The van der Waals surface area contributed by atoms with E-state index in [0.29, 0.717) is 18.1 Å². The maximum absolute atomic E-state index is 11.3. The number of hydrogen-bond donors (Lipinski definition) is 1. The van der Waals surface area contributed by atoms with Crippen molar-refractivity contribution in [1.82, 2.24) is 4.98 Å². The molecule has 1 N–H and O–H groups in total. The molecule has 4 heteroatoms. The van der Waals surface area contributed by atoms with Crippen LogP contribution in [-0.4, -0.2) is 17.6 Å². The highest BCUT2D eigenvalue weighted by Crippen LogP contribution is 2.00. The van der Waals surface area contributed by atoms with Gasteiger partial charge < -0.3 is 9.72 Å². The van der Waals surface area contributed by atoms with Gasteiger partial charge in [0.05, 0.1) is 12.2 Å². The van der Waals surface area contributed by atoms with Crippen LogP contribution in [0.3, 0.4) is 0 Å². The van der Waals surface area contributed by atoms with Crippen LogP contribution in [0.2, 0.25) is 0 Å². The standard InChI is InChI=1S/C10H13NO3/c1-7(2)6-14-10(13)8-3-4-9(12)11-5-8/h3-5,7H,6H2,1-2H3,(H,11,12). The normalized spacial score (nSPS) is 10.2. The van der Waals surface area contributed by atoms with Gasteiger partial charge in [-0.3, -0.25) is 4.79 Å². The number of carbonyl (C=O) groups is 1. The average molecular weight is 195 g/mol. The third-order valence-electron chi connectivity index (χ3n) is 1.57. The van der Waals surface area contributed by atoms with E-state index >= 15 is 0 Å². The van der Waals surface area contributed by atoms with E-state index in [1.54, 1.807) is 0 Å². The molecule has 0 aliphatic carbocycles. The molecule has 0 unspecified atom stereocenters. The Morgan fingerprint density at radius 2 is 2.21 bits per heavy atom. The number of aromatic nitrogens is 1. The Labute approximate surface area is 81.9 Å². The summed E-state index contributed by atoms with van der Waals surface area (Å²) in [6, 6.07) is 2.74. The van der Waals surface area contributed by atoms with Crippen molar-refractivity contribution in [1.29, 1.82) is 0 Å². The summed E-state index contributed by atoms with van der Waals surface area (Å²) in [5.41, 5.74) is 0.135. The Morgan fingerprint density at radius 1 is 1.50 bits per heavy atom. The molecule has 0 saturated carbocycles. The highest BCUT2D eigenvalue weighted by atomic mass is 16.5. The fourth-order valence-electron chi connectivity index (χ4n) is 0.863. The number of ether oxygens (including phenoxy) is 1. The van der Waals surface area contributed by atoms with Crippen LogP contribution in [-0.2, 0) is 4.74 Å². The summed E-state index contributed by atoms with van der Waals surface area (Å²) in [4.78, 5) is 24.4. The topological polar surface area (TPSA) is 59.2 Å². The average Bonchev–Trinajstić information content (AvgIpc) is 2.15. The molecule has 0 aliphatic rings. The Kier molecular flexibility index (Phi) is 3.45. The lowest BCUT2D eigenvalue weighted by Gasteiger charge is -2.06. The van der Waals surface area contributed by atoms with Gasteiger partial charge in [0.2, 0.25) is 5.56 Å². The summed E-state index contributed by atoms with van der Waals surface area (Å²) < 4.78 is 4.97. The molecule has 0 aliphatic heterocycles. The number of aromatic amines is 1. The van der Waals surface area contributed by atoms with Gasteiger partial charge in [-0.25, -0.2) is 4.79 Å². The summed E-state index contributed by atoms with van der Waals surface area (Å²) in [6.45, 7) is 4.30. The number of esters is 1. The van der Waals surface area contributed by atoms with Crippen LogP contribution < -0.4 is 5.56 Å². The van der Waals surface area contributed by atoms with Gasteiger partial charge >= 0.3 is 5.97 Å². The summed E-state index contributed by atoms with van der Waals surface area (Å²) in [6.07, 6.45) is 1.35. The minimum atomic E-state index is -0.407. The molecule has 76 valence electrons. The number of H-pyrrole nitrogens is 1. The molecular formula is C10H13NO3. The van der Waals surface area contributed by atoms with Crippen molar-refractivity contribution >= 4 is 5.97 Å².